The van der Waals surface area contributed by atoms with Gasteiger partial charge in [-0.3, -0.25) is 0 Å². The third-order valence-electron chi connectivity index (χ3n) is 2.43. The fourth-order valence-electron chi connectivity index (χ4n) is 1.69. The van der Waals surface area contributed by atoms with Gasteiger partial charge in [0.25, 0.3) is 0 Å². The molecule has 1 heterocycles. The maximum Gasteiger partial charge on any atom is 0.418 e. The van der Waals surface area contributed by atoms with Crippen LogP contribution in [0.3, 0.4) is 0 Å². The maximum atomic E-state index is 12.5. The van der Waals surface area contributed by atoms with E-state index in [9.17, 15) is 18.3 Å². The summed E-state index contributed by atoms with van der Waals surface area (Å²) in [6, 6.07) is 2.40. The lowest BCUT2D eigenvalue weighted by Gasteiger charge is -2.15. The molecule has 1 atom stereocenters. The van der Waals surface area contributed by atoms with E-state index < -0.39 is 12.3 Å². The summed E-state index contributed by atoms with van der Waals surface area (Å²) in [5.41, 5.74) is 0.336. The van der Waals surface area contributed by atoms with E-state index in [0.717, 1.165) is 6.07 Å². The molecule has 0 bridgehead atoms. The molecule has 0 saturated carbocycles. The van der Waals surface area contributed by atoms with Crippen molar-refractivity contribution in [2.45, 2.75) is 18.9 Å². The Morgan fingerprint density at radius 2 is 2.12 bits per heavy atom. The number of methoxy groups -OCH3 is 1. The summed E-state index contributed by atoms with van der Waals surface area (Å²) in [6.45, 7) is -0.129. The monoisotopic (exact) mass is 234 g/mol. The standard InChI is InChI=1S/C10H9F3O3/c1-15-8-2-5-4-16-9(10(11,12)13)6(5)3-7(8)14/h2-3,9,14H,4H2,1H3. The van der Waals surface area contributed by atoms with Crippen molar-refractivity contribution in [1.82, 2.24) is 0 Å². The Morgan fingerprint density at radius 3 is 2.69 bits per heavy atom. The lowest BCUT2D eigenvalue weighted by Crippen LogP contribution is -2.19. The first-order valence-corrected chi connectivity index (χ1v) is 4.51. The summed E-state index contributed by atoms with van der Waals surface area (Å²) in [5, 5.41) is 9.41. The van der Waals surface area contributed by atoms with Crippen molar-refractivity contribution in [3.63, 3.8) is 0 Å². The molecule has 6 heteroatoms. The molecule has 88 valence electrons. The molecular weight excluding hydrogens is 225 g/mol. The van der Waals surface area contributed by atoms with Crippen molar-refractivity contribution in [2.24, 2.45) is 0 Å². The van der Waals surface area contributed by atoms with Crippen molar-refractivity contribution in [3.05, 3.63) is 23.3 Å². The van der Waals surface area contributed by atoms with E-state index >= 15 is 0 Å². The number of hydrogen-bond acceptors (Lipinski definition) is 3. The Hall–Kier alpha value is -1.43. The first-order chi connectivity index (χ1) is 7.43. The van der Waals surface area contributed by atoms with Crippen LogP contribution < -0.4 is 4.74 Å². The summed E-state index contributed by atoms with van der Waals surface area (Å²) in [4.78, 5) is 0. The van der Waals surface area contributed by atoms with Crippen LogP contribution in [0.1, 0.15) is 17.2 Å². The topological polar surface area (TPSA) is 38.7 Å². The molecule has 1 aliphatic heterocycles. The predicted molar refractivity (Wildman–Crippen MR) is 48.2 cm³/mol. The molecule has 0 amide bonds. The fraction of sp³-hybridized carbons (Fsp3) is 0.400. The van der Waals surface area contributed by atoms with Gasteiger partial charge in [-0.15, -0.1) is 0 Å². The summed E-state index contributed by atoms with van der Waals surface area (Å²) in [7, 11) is 1.33. The first kappa shape index (κ1) is 11.1. The minimum Gasteiger partial charge on any atom is -0.504 e. The van der Waals surface area contributed by atoms with Crippen LogP contribution >= 0.6 is 0 Å². The maximum absolute atomic E-state index is 12.5. The Bertz CT molecular complexity index is 415. The number of phenolic OH excluding ortho intramolecular Hbond substituents is 1. The zero-order valence-electron chi connectivity index (χ0n) is 8.34. The van der Waals surface area contributed by atoms with Crippen molar-refractivity contribution in [1.29, 1.82) is 0 Å². The minimum atomic E-state index is -4.47. The number of aromatic hydroxyl groups is 1. The van der Waals surface area contributed by atoms with Crippen LogP contribution in [0.2, 0.25) is 0 Å². The zero-order chi connectivity index (χ0) is 11.9. The van der Waals surface area contributed by atoms with Gasteiger partial charge in [-0.2, -0.15) is 13.2 Å². The number of phenols is 1. The van der Waals surface area contributed by atoms with Crippen LogP contribution in [0.15, 0.2) is 12.1 Å². The number of alkyl halides is 3. The molecular formula is C10H9F3O3. The summed E-state index contributed by atoms with van der Waals surface area (Å²) in [6.07, 6.45) is -6.42. The molecule has 0 spiro atoms. The molecule has 3 nitrogen and oxygen atoms in total. The number of hydrogen-bond donors (Lipinski definition) is 1. The van der Waals surface area contributed by atoms with E-state index in [4.69, 9.17) is 4.74 Å². The highest BCUT2D eigenvalue weighted by Gasteiger charge is 2.46. The fourth-order valence-corrected chi connectivity index (χ4v) is 1.69. The Labute approximate surface area is 89.4 Å². The summed E-state index contributed by atoms with van der Waals surface area (Å²) >= 11 is 0. The minimum absolute atomic E-state index is 0.0502. The molecule has 1 aliphatic rings. The number of halogens is 3. The van der Waals surface area contributed by atoms with Crippen LogP contribution in [0.5, 0.6) is 11.5 Å². The third-order valence-corrected chi connectivity index (χ3v) is 2.43. The molecule has 0 aromatic heterocycles. The van der Waals surface area contributed by atoms with Crippen molar-refractivity contribution < 1.29 is 27.8 Å². The van der Waals surface area contributed by atoms with E-state index in [0.29, 0.717) is 5.56 Å². The van der Waals surface area contributed by atoms with Gasteiger partial charge in [0.15, 0.2) is 17.6 Å². The van der Waals surface area contributed by atoms with Gasteiger partial charge >= 0.3 is 6.18 Å². The van der Waals surface area contributed by atoms with Crippen LogP contribution in [-0.2, 0) is 11.3 Å². The number of rotatable bonds is 1. The second-order valence-corrected chi connectivity index (χ2v) is 3.46. The normalized spacial score (nSPS) is 19.6. The van der Waals surface area contributed by atoms with Gasteiger partial charge in [0.1, 0.15) is 0 Å². The quantitative estimate of drug-likeness (QED) is 0.811. The van der Waals surface area contributed by atoms with Gasteiger partial charge in [0.2, 0.25) is 0 Å². The molecule has 0 radical (unpaired) electrons. The van der Waals surface area contributed by atoms with E-state index in [1.54, 1.807) is 0 Å². The molecule has 2 rings (SSSR count). The van der Waals surface area contributed by atoms with E-state index in [1.807, 2.05) is 0 Å². The Morgan fingerprint density at radius 1 is 1.44 bits per heavy atom. The predicted octanol–water partition coefficient (Wildman–Crippen LogP) is 2.53. The number of fused-ring (bicyclic) bond motifs is 1. The van der Waals surface area contributed by atoms with Gasteiger partial charge in [-0.25, -0.2) is 0 Å². The molecule has 1 unspecified atom stereocenters. The Balaban J connectivity index is 2.45. The molecule has 0 saturated heterocycles. The number of benzene rings is 1. The summed E-state index contributed by atoms with van der Waals surface area (Å²) < 4.78 is 47.0. The first-order valence-electron chi connectivity index (χ1n) is 4.51. The van der Waals surface area contributed by atoms with E-state index in [2.05, 4.69) is 4.74 Å². The zero-order valence-corrected chi connectivity index (χ0v) is 8.34. The summed E-state index contributed by atoms with van der Waals surface area (Å²) in [5.74, 6) is -0.175. The highest BCUT2D eigenvalue weighted by molar-refractivity contribution is 5.48. The molecule has 0 fully saturated rings. The van der Waals surface area contributed by atoms with Gasteiger partial charge in [-0.1, -0.05) is 0 Å². The van der Waals surface area contributed by atoms with Gasteiger partial charge in [-0.05, 0) is 23.3 Å². The van der Waals surface area contributed by atoms with E-state index in [1.165, 1.54) is 13.2 Å². The van der Waals surface area contributed by atoms with Crippen LogP contribution in [0.4, 0.5) is 13.2 Å². The molecule has 1 aromatic carbocycles. The molecule has 1 aromatic rings. The second-order valence-electron chi connectivity index (χ2n) is 3.46. The third kappa shape index (κ3) is 1.69. The van der Waals surface area contributed by atoms with Crippen LogP contribution in [0.25, 0.3) is 0 Å². The van der Waals surface area contributed by atoms with Gasteiger partial charge < -0.3 is 14.6 Å². The molecule has 16 heavy (non-hydrogen) atoms. The smallest absolute Gasteiger partial charge is 0.418 e. The lowest BCUT2D eigenvalue weighted by atomic mass is 10.0. The van der Waals surface area contributed by atoms with Crippen molar-refractivity contribution in [3.8, 4) is 11.5 Å². The van der Waals surface area contributed by atoms with Crippen molar-refractivity contribution >= 4 is 0 Å². The Kier molecular flexibility index (Phi) is 2.46. The van der Waals surface area contributed by atoms with Crippen LogP contribution in [0, 0.1) is 0 Å². The molecule has 0 aliphatic carbocycles. The molecule has 1 N–H and O–H groups in total. The van der Waals surface area contributed by atoms with Gasteiger partial charge in [0, 0.05) is 0 Å². The van der Waals surface area contributed by atoms with E-state index in [-0.39, 0.29) is 23.7 Å². The van der Waals surface area contributed by atoms with Gasteiger partial charge in [0.05, 0.1) is 13.7 Å². The average Bonchev–Trinajstić information content (AvgIpc) is 2.58. The lowest BCUT2D eigenvalue weighted by molar-refractivity contribution is -0.219. The SMILES string of the molecule is COc1cc2c(cc1O)C(C(F)(F)F)OC2. The average molecular weight is 234 g/mol. The number of ether oxygens (including phenoxy) is 2. The largest absolute Gasteiger partial charge is 0.504 e. The van der Waals surface area contributed by atoms with Crippen molar-refractivity contribution in [2.75, 3.05) is 7.11 Å². The highest BCUT2D eigenvalue weighted by Crippen LogP contribution is 2.45. The van der Waals surface area contributed by atoms with Crippen LogP contribution in [-0.4, -0.2) is 18.4 Å². The second kappa shape index (κ2) is 3.55. The highest BCUT2D eigenvalue weighted by atomic mass is 19.4.